The molecule has 5 nitrogen and oxygen atoms in total. The minimum absolute atomic E-state index is 0.0377. The van der Waals surface area contributed by atoms with Crippen LogP contribution in [0, 0.1) is 0 Å². The lowest BCUT2D eigenvalue weighted by Gasteiger charge is -2.16. The quantitative estimate of drug-likeness (QED) is 0.351. The molecule has 0 aromatic carbocycles. The first-order chi connectivity index (χ1) is 6.74. The van der Waals surface area contributed by atoms with Crippen molar-refractivity contribution in [3.05, 3.63) is 0 Å². The van der Waals surface area contributed by atoms with E-state index in [1.165, 1.54) is 0 Å². The lowest BCUT2D eigenvalue weighted by atomic mass is 10.6. The Bertz CT molecular complexity index is 167. The summed E-state index contributed by atoms with van der Waals surface area (Å²) in [4.78, 5) is 10.8. The van der Waals surface area contributed by atoms with E-state index in [9.17, 15) is 9.36 Å². The molecule has 0 rings (SSSR count). The monoisotopic (exact) mass is 222 g/mol. The highest BCUT2D eigenvalue weighted by molar-refractivity contribution is 7.25. The van der Waals surface area contributed by atoms with E-state index < -0.39 is 12.3 Å². The van der Waals surface area contributed by atoms with Gasteiger partial charge in [0.05, 0.1) is 0 Å². The molecule has 0 saturated carbocycles. The van der Waals surface area contributed by atoms with Gasteiger partial charge in [-0.1, -0.05) is 0 Å². The molecule has 82 valence electrons. The maximum absolute atomic E-state index is 10.8. The summed E-state index contributed by atoms with van der Waals surface area (Å²) in [6.45, 7) is 4.66. The van der Waals surface area contributed by atoms with Crippen LogP contribution in [-0.4, -0.2) is 38.2 Å². The molecule has 0 N–H and O–H groups in total. The van der Waals surface area contributed by atoms with Gasteiger partial charge in [-0.05, 0) is 13.8 Å². The van der Waals surface area contributed by atoms with Crippen molar-refractivity contribution < 1.29 is 23.6 Å². The second-order valence-electron chi connectivity index (χ2n) is 2.31. The minimum Gasteiger partial charge on any atom is -0.460 e. The maximum Gasteiger partial charge on any atom is 0.317 e. The first kappa shape index (κ1) is 13.5. The second-order valence-corrected chi connectivity index (χ2v) is 2.88. The average molecular weight is 222 g/mol. The van der Waals surface area contributed by atoms with Crippen LogP contribution in [0.2, 0.25) is 0 Å². The first-order valence-electron chi connectivity index (χ1n) is 4.42. The van der Waals surface area contributed by atoms with E-state index in [1.807, 2.05) is 13.8 Å². The topological polar surface area (TPSA) is 61.8 Å². The zero-order valence-corrected chi connectivity index (χ0v) is 9.29. The molecular weight excluding hydrogens is 207 g/mol. The van der Waals surface area contributed by atoms with Gasteiger partial charge in [0.2, 0.25) is 0 Å². The van der Waals surface area contributed by atoms with Crippen molar-refractivity contribution in [2.45, 2.75) is 20.1 Å². The summed E-state index contributed by atoms with van der Waals surface area (Å²) in [6, 6.07) is 0. The van der Waals surface area contributed by atoms with Crippen LogP contribution in [0.4, 0.5) is 0 Å². The first-order valence-corrected chi connectivity index (χ1v) is 5.42. The van der Waals surface area contributed by atoms with E-state index >= 15 is 0 Å². The van der Waals surface area contributed by atoms with Crippen molar-refractivity contribution in [1.29, 1.82) is 0 Å². The molecule has 0 spiro atoms. The summed E-state index contributed by atoms with van der Waals surface area (Å²) in [5.41, 5.74) is 0. The Morgan fingerprint density at radius 1 is 1.29 bits per heavy atom. The summed E-state index contributed by atoms with van der Waals surface area (Å²) in [6.07, 6.45) is -0.664. The highest BCUT2D eigenvalue weighted by Crippen LogP contribution is 1.99. The van der Waals surface area contributed by atoms with Gasteiger partial charge in [-0.25, -0.2) is 0 Å². The van der Waals surface area contributed by atoms with Crippen molar-refractivity contribution in [3.63, 3.8) is 0 Å². The van der Waals surface area contributed by atoms with Crippen LogP contribution < -0.4 is 0 Å². The molecule has 0 aromatic rings. The summed E-state index contributed by atoms with van der Waals surface area (Å²) >= 11 is 0. The summed E-state index contributed by atoms with van der Waals surface area (Å²) in [5.74, 6) is -0.522. The predicted octanol–water partition coefficient (Wildman–Crippen LogP) is 1.22. The van der Waals surface area contributed by atoms with Gasteiger partial charge in [-0.15, -0.1) is 0 Å². The molecule has 0 heterocycles. The van der Waals surface area contributed by atoms with Crippen molar-refractivity contribution in [2.24, 2.45) is 0 Å². The van der Waals surface area contributed by atoms with Gasteiger partial charge in [0, 0.05) is 13.2 Å². The number of rotatable bonds is 8. The van der Waals surface area contributed by atoms with Gasteiger partial charge in [0.25, 0.3) is 0 Å². The number of hydrogen-bond acceptors (Lipinski definition) is 5. The lowest BCUT2D eigenvalue weighted by Crippen LogP contribution is -2.25. The molecular formula is C8H15O5P. The van der Waals surface area contributed by atoms with Crippen molar-refractivity contribution in [1.82, 2.24) is 0 Å². The Labute approximate surface area is 84.9 Å². The smallest absolute Gasteiger partial charge is 0.317 e. The Kier molecular flexibility index (Phi) is 8.73. The zero-order valence-electron chi connectivity index (χ0n) is 8.39. The van der Waals surface area contributed by atoms with Gasteiger partial charge in [0.15, 0.2) is 14.8 Å². The summed E-state index contributed by atoms with van der Waals surface area (Å²) in [7, 11) is -0.240. The van der Waals surface area contributed by atoms with E-state index in [1.54, 1.807) is 0 Å². The van der Waals surface area contributed by atoms with Crippen molar-refractivity contribution in [2.75, 3.05) is 26.0 Å². The van der Waals surface area contributed by atoms with Crippen molar-refractivity contribution in [3.8, 4) is 0 Å². The van der Waals surface area contributed by atoms with E-state index in [0.29, 0.717) is 13.2 Å². The fourth-order valence-corrected chi connectivity index (χ4v) is 0.972. The molecule has 0 unspecified atom stereocenters. The van der Waals surface area contributed by atoms with Crippen LogP contribution in [0.15, 0.2) is 0 Å². The third-order valence-electron chi connectivity index (χ3n) is 1.28. The minimum atomic E-state index is -0.530. The Hall–Kier alpha value is -0.510. The molecule has 0 aliphatic heterocycles. The number of ether oxygens (including phenoxy) is 3. The van der Waals surface area contributed by atoms with Gasteiger partial charge in [0.1, 0.15) is 12.8 Å². The SMILES string of the molecule is CCOC(COC(=O)CP=O)OCC. The van der Waals surface area contributed by atoms with Crippen molar-refractivity contribution >= 4 is 14.4 Å². The number of esters is 1. The lowest BCUT2D eigenvalue weighted by molar-refractivity contribution is -0.177. The fraction of sp³-hybridized carbons (Fsp3) is 0.875. The second kappa shape index (κ2) is 9.06. The molecule has 0 aliphatic rings. The number of carbonyl (C=O) groups excluding carboxylic acids is 1. The standard InChI is InChI=1S/C8H15O5P/c1-3-11-8(12-4-2)5-13-7(9)6-14-10/h8H,3-6H2,1-2H3. The molecule has 0 aromatic heterocycles. The van der Waals surface area contributed by atoms with Crippen LogP contribution in [0.3, 0.4) is 0 Å². The third kappa shape index (κ3) is 6.95. The van der Waals surface area contributed by atoms with Crippen LogP contribution >= 0.6 is 8.46 Å². The third-order valence-corrected chi connectivity index (χ3v) is 1.67. The molecule has 0 bridgehead atoms. The molecule has 0 atom stereocenters. The number of hydrogen-bond donors (Lipinski definition) is 0. The van der Waals surface area contributed by atoms with Crippen LogP contribution in [-0.2, 0) is 23.6 Å². The predicted molar refractivity (Wildman–Crippen MR) is 50.5 cm³/mol. The zero-order chi connectivity index (χ0) is 10.8. The normalized spacial score (nSPS) is 10.8. The van der Waals surface area contributed by atoms with E-state index in [4.69, 9.17) is 14.2 Å². The van der Waals surface area contributed by atoms with E-state index in [0.717, 1.165) is 0 Å². The Morgan fingerprint density at radius 3 is 2.29 bits per heavy atom. The molecule has 0 radical (unpaired) electrons. The molecule has 0 aliphatic carbocycles. The maximum atomic E-state index is 10.8. The summed E-state index contributed by atoms with van der Waals surface area (Å²) < 4.78 is 25.1. The Morgan fingerprint density at radius 2 is 1.86 bits per heavy atom. The van der Waals surface area contributed by atoms with Gasteiger partial charge in [-0.2, -0.15) is 0 Å². The molecule has 0 saturated heterocycles. The van der Waals surface area contributed by atoms with E-state index in [-0.39, 0.29) is 21.2 Å². The van der Waals surface area contributed by atoms with Gasteiger partial charge < -0.3 is 14.2 Å². The largest absolute Gasteiger partial charge is 0.460 e. The average Bonchev–Trinajstić information content (AvgIpc) is 2.15. The Balaban J connectivity index is 3.68. The van der Waals surface area contributed by atoms with Crippen LogP contribution in [0.25, 0.3) is 0 Å². The molecule has 0 fully saturated rings. The van der Waals surface area contributed by atoms with E-state index in [2.05, 4.69) is 0 Å². The fourth-order valence-electron chi connectivity index (χ4n) is 0.775. The highest BCUT2D eigenvalue weighted by Gasteiger charge is 2.11. The molecule has 0 amide bonds. The molecule has 6 heteroatoms. The van der Waals surface area contributed by atoms with Crippen LogP contribution in [0.5, 0.6) is 0 Å². The number of carbonyl (C=O) groups is 1. The van der Waals surface area contributed by atoms with Crippen LogP contribution in [0.1, 0.15) is 13.8 Å². The molecule has 14 heavy (non-hydrogen) atoms. The van der Waals surface area contributed by atoms with Gasteiger partial charge in [-0.3, -0.25) is 9.36 Å². The summed E-state index contributed by atoms with van der Waals surface area (Å²) in [5, 5.41) is 0. The van der Waals surface area contributed by atoms with Gasteiger partial charge >= 0.3 is 5.97 Å². The highest BCUT2D eigenvalue weighted by atomic mass is 31.1.